The van der Waals surface area contributed by atoms with E-state index in [1.54, 1.807) is 13.1 Å². The molecule has 0 aliphatic carbocycles. The molecule has 2 N–H and O–H groups in total. The van der Waals surface area contributed by atoms with E-state index < -0.39 is 0 Å². The van der Waals surface area contributed by atoms with Gasteiger partial charge in [-0.2, -0.15) is 0 Å². The first-order valence-corrected chi connectivity index (χ1v) is 13.5. The molecule has 3 aromatic rings. The Morgan fingerprint density at radius 1 is 1.08 bits per heavy atom. The van der Waals surface area contributed by atoms with Crippen LogP contribution in [0.3, 0.4) is 0 Å². The van der Waals surface area contributed by atoms with Crippen LogP contribution in [0.15, 0.2) is 59.6 Å². The van der Waals surface area contributed by atoms with Crippen molar-refractivity contribution in [2.45, 2.75) is 44.9 Å². The van der Waals surface area contributed by atoms with Gasteiger partial charge in [0.05, 0.1) is 12.8 Å². The molecule has 4 rings (SSSR count). The van der Waals surface area contributed by atoms with E-state index >= 15 is 0 Å². The van der Waals surface area contributed by atoms with Crippen molar-refractivity contribution in [3.63, 3.8) is 0 Å². The zero-order chi connectivity index (χ0) is 26.7. The second-order valence-corrected chi connectivity index (χ2v) is 9.98. The summed E-state index contributed by atoms with van der Waals surface area (Å²) in [6.07, 6.45) is 7.17. The summed E-state index contributed by atoms with van der Waals surface area (Å²) < 4.78 is 0. The molecule has 0 radical (unpaired) electrons. The van der Waals surface area contributed by atoms with Crippen LogP contribution >= 0.6 is 11.3 Å². The van der Waals surface area contributed by atoms with Crippen LogP contribution in [-0.4, -0.2) is 58.1 Å². The molecule has 1 aromatic carbocycles. The zero-order valence-corrected chi connectivity index (χ0v) is 22.4. The number of carbonyl (C=O) groups is 2. The standard InChI is InChI=1S/C27H32N8O2S/c1-3-4-12-21(28-2)17-25(37)30-27-34-33-26(38-27)20-11-8-15-35(18-20)23-14-13-22(31-32-23)29-24(36)16-19-9-6-5-7-10-19/h4-7,9-10,12-14,20H,3,8,11,15-18H2,1-2H3,(H,29,31,36)(H,30,34,37)/b12-4-,28-21?. The predicted molar refractivity (Wildman–Crippen MR) is 151 cm³/mol. The third-order valence-corrected chi connectivity index (χ3v) is 7.08. The Morgan fingerprint density at radius 2 is 1.92 bits per heavy atom. The number of rotatable bonds is 10. The highest BCUT2D eigenvalue weighted by Gasteiger charge is 2.26. The van der Waals surface area contributed by atoms with Crippen LogP contribution in [0, 0.1) is 0 Å². The van der Waals surface area contributed by atoms with Gasteiger partial charge in [0.25, 0.3) is 0 Å². The van der Waals surface area contributed by atoms with Crippen molar-refractivity contribution in [2.75, 3.05) is 35.7 Å². The minimum Gasteiger partial charge on any atom is -0.354 e. The van der Waals surface area contributed by atoms with Crippen LogP contribution in [0.2, 0.25) is 0 Å². The van der Waals surface area contributed by atoms with Gasteiger partial charge in [0.15, 0.2) is 11.6 Å². The van der Waals surface area contributed by atoms with Crippen molar-refractivity contribution in [3.8, 4) is 0 Å². The highest BCUT2D eigenvalue weighted by molar-refractivity contribution is 7.15. The number of hydrogen-bond acceptors (Lipinski definition) is 9. The van der Waals surface area contributed by atoms with Gasteiger partial charge in [-0.1, -0.05) is 54.7 Å². The highest BCUT2D eigenvalue weighted by atomic mass is 32.1. The lowest BCUT2D eigenvalue weighted by atomic mass is 9.99. The molecule has 3 heterocycles. The number of amides is 2. The van der Waals surface area contributed by atoms with Gasteiger partial charge < -0.3 is 15.5 Å². The molecule has 1 saturated heterocycles. The maximum absolute atomic E-state index is 12.4. The SMILES string of the molecule is CC/C=C\C(CC(=O)Nc1nnc(C2CCCN(c3ccc(NC(=O)Cc4ccccc4)nn3)C2)s1)=NC. The summed E-state index contributed by atoms with van der Waals surface area (Å²) in [6.45, 7) is 3.62. The van der Waals surface area contributed by atoms with E-state index in [2.05, 4.69) is 40.9 Å². The first-order valence-electron chi connectivity index (χ1n) is 12.7. The number of nitrogens with zero attached hydrogens (tertiary/aromatic N) is 6. The third kappa shape index (κ3) is 7.75. The van der Waals surface area contributed by atoms with Gasteiger partial charge in [-0.15, -0.1) is 20.4 Å². The fourth-order valence-corrected chi connectivity index (χ4v) is 5.05. The summed E-state index contributed by atoms with van der Waals surface area (Å²) in [5.74, 6) is 1.06. The molecular weight excluding hydrogens is 500 g/mol. The number of benzene rings is 1. The number of nitrogens with one attached hydrogen (secondary N) is 2. The summed E-state index contributed by atoms with van der Waals surface area (Å²) in [4.78, 5) is 31.1. The highest BCUT2D eigenvalue weighted by Crippen LogP contribution is 2.32. The second-order valence-electron chi connectivity index (χ2n) is 8.97. The molecule has 1 unspecified atom stereocenters. The van der Waals surface area contributed by atoms with Gasteiger partial charge in [0, 0.05) is 31.8 Å². The zero-order valence-electron chi connectivity index (χ0n) is 21.6. The molecule has 1 aliphatic heterocycles. The van der Waals surface area contributed by atoms with Crippen molar-refractivity contribution >= 4 is 45.6 Å². The molecule has 1 atom stereocenters. The van der Waals surface area contributed by atoms with E-state index in [9.17, 15) is 9.59 Å². The number of piperidine rings is 1. The van der Waals surface area contributed by atoms with Crippen LogP contribution in [0.25, 0.3) is 0 Å². The molecule has 0 spiro atoms. The van der Waals surface area contributed by atoms with Crippen LogP contribution in [0.4, 0.5) is 16.8 Å². The van der Waals surface area contributed by atoms with Crippen molar-refractivity contribution in [3.05, 3.63) is 65.2 Å². The van der Waals surface area contributed by atoms with E-state index in [1.165, 1.54) is 11.3 Å². The summed E-state index contributed by atoms with van der Waals surface area (Å²) in [7, 11) is 1.68. The molecule has 1 fully saturated rings. The number of aliphatic imine (C=N–C) groups is 1. The minimum absolute atomic E-state index is 0.133. The van der Waals surface area contributed by atoms with Gasteiger partial charge in [-0.3, -0.25) is 14.6 Å². The van der Waals surface area contributed by atoms with Crippen LogP contribution in [-0.2, 0) is 16.0 Å². The number of anilines is 3. The van der Waals surface area contributed by atoms with E-state index in [0.717, 1.165) is 54.5 Å². The summed E-state index contributed by atoms with van der Waals surface area (Å²) in [6, 6.07) is 13.2. The molecule has 10 nitrogen and oxygen atoms in total. The van der Waals surface area contributed by atoms with Crippen molar-refractivity contribution in [2.24, 2.45) is 4.99 Å². The van der Waals surface area contributed by atoms with E-state index in [1.807, 2.05) is 55.5 Å². The Kier molecular flexibility index (Phi) is 9.63. The lowest BCUT2D eigenvalue weighted by Crippen LogP contribution is -2.35. The Balaban J connectivity index is 1.30. The molecule has 1 aliphatic rings. The molecule has 38 heavy (non-hydrogen) atoms. The number of carbonyl (C=O) groups excluding carboxylic acids is 2. The number of aromatic nitrogens is 4. The Hall–Kier alpha value is -3.99. The quantitative estimate of drug-likeness (QED) is 0.374. The second kappa shape index (κ2) is 13.5. The Bertz CT molecular complexity index is 1270. The van der Waals surface area contributed by atoms with Gasteiger partial charge in [-0.25, -0.2) is 0 Å². The van der Waals surface area contributed by atoms with Gasteiger partial charge in [0.2, 0.25) is 16.9 Å². The minimum atomic E-state index is -0.162. The average Bonchev–Trinajstić information content (AvgIpc) is 3.40. The lowest BCUT2D eigenvalue weighted by Gasteiger charge is -2.32. The fourth-order valence-electron chi connectivity index (χ4n) is 4.16. The molecule has 11 heteroatoms. The normalized spacial score (nSPS) is 16.0. The molecular formula is C27H32N8O2S. The maximum Gasteiger partial charge on any atom is 0.232 e. The van der Waals surface area contributed by atoms with Crippen LogP contribution < -0.4 is 15.5 Å². The maximum atomic E-state index is 12.4. The molecule has 198 valence electrons. The third-order valence-electron chi connectivity index (χ3n) is 6.08. The predicted octanol–water partition coefficient (Wildman–Crippen LogP) is 4.26. The monoisotopic (exact) mass is 532 g/mol. The molecule has 0 bridgehead atoms. The Morgan fingerprint density at radius 3 is 2.66 bits per heavy atom. The van der Waals surface area contributed by atoms with Gasteiger partial charge >= 0.3 is 0 Å². The van der Waals surface area contributed by atoms with E-state index in [-0.39, 0.29) is 30.6 Å². The van der Waals surface area contributed by atoms with Crippen molar-refractivity contribution < 1.29 is 9.59 Å². The largest absolute Gasteiger partial charge is 0.354 e. The smallest absolute Gasteiger partial charge is 0.232 e. The van der Waals surface area contributed by atoms with E-state index in [4.69, 9.17) is 0 Å². The van der Waals surface area contributed by atoms with Crippen LogP contribution in [0.5, 0.6) is 0 Å². The fraction of sp³-hybridized carbons (Fsp3) is 0.370. The molecule has 2 amide bonds. The van der Waals surface area contributed by atoms with Crippen molar-refractivity contribution in [1.82, 2.24) is 20.4 Å². The topological polar surface area (TPSA) is 125 Å². The summed E-state index contributed by atoms with van der Waals surface area (Å²) in [5.41, 5.74) is 1.66. The molecule has 0 saturated carbocycles. The number of allylic oxidation sites excluding steroid dienone is 2. The summed E-state index contributed by atoms with van der Waals surface area (Å²) >= 11 is 1.41. The van der Waals surface area contributed by atoms with Gasteiger partial charge in [-0.05, 0) is 43.0 Å². The van der Waals surface area contributed by atoms with Gasteiger partial charge in [0.1, 0.15) is 5.01 Å². The molecule has 2 aromatic heterocycles. The first-order chi connectivity index (χ1) is 18.5. The summed E-state index contributed by atoms with van der Waals surface area (Å²) in [5, 5.41) is 24.1. The Labute approximate surface area is 226 Å². The van der Waals surface area contributed by atoms with E-state index in [0.29, 0.717) is 10.9 Å². The van der Waals surface area contributed by atoms with Crippen LogP contribution in [0.1, 0.15) is 49.1 Å². The van der Waals surface area contributed by atoms with Crippen molar-refractivity contribution in [1.29, 1.82) is 0 Å². The first kappa shape index (κ1) is 27.1. The lowest BCUT2D eigenvalue weighted by molar-refractivity contribution is -0.116. The average molecular weight is 533 g/mol. The number of hydrogen-bond donors (Lipinski definition) is 2.